The van der Waals surface area contributed by atoms with Gasteiger partial charge in [0.15, 0.2) is 0 Å². The van der Waals surface area contributed by atoms with Crippen molar-refractivity contribution in [2.75, 3.05) is 6.61 Å². The molecule has 0 N–H and O–H groups in total. The Balaban J connectivity index is 1.54. The maximum absolute atomic E-state index is 5.90. The molecule has 134 valence electrons. The summed E-state index contributed by atoms with van der Waals surface area (Å²) in [6.07, 6.45) is 9.33. The van der Waals surface area contributed by atoms with Crippen LogP contribution in [0.3, 0.4) is 0 Å². The van der Waals surface area contributed by atoms with Crippen LogP contribution in [0.4, 0.5) is 0 Å². The van der Waals surface area contributed by atoms with Gasteiger partial charge in [0.05, 0.1) is 12.7 Å². The van der Waals surface area contributed by atoms with Crippen LogP contribution in [-0.4, -0.2) is 12.7 Å². The SMILES string of the molecule is C/C=C/COC1CCC(c2ccc(C#Cc3ccc(C)cc3)cc2)CC1. The van der Waals surface area contributed by atoms with Crippen molar-refractivity contribution < 1.29 is 4.74 Å². The van der Waals surface area contributed by atoms with Crippen LogP contribution in [-0.2, 0) is 4.74 Å². The Hall–Kier alpha value is -2.30. The van der Waals surface area contributed by atoms with Gasteiger partial charge in [0, 0.05) is 11.1 Å². The van der Waals surface area contributed by atoms with Gasteiger partial charge in [-0.25, -0.2) is 0 Å². The third-order valence-electron chi connectivity index (χ3n) is 5.12. The zero-order chi connectivity index (χ0) is 18.2. The summed E-state index contributed by atoms with van der Waals surface area (Å²) in [7, 11) is 0. The molecule has 1 heteroatoms. The van der Waals surface area contributed by atoms with Crippen molar-refractivity contribution in [2.24, 2.45) is 0 Å². The second kappa shape index (κ2) is 9.41. The Morgan fingerprint density at radius 3 is 2.04 bits per heavy atom. The first kappa shape index (κ1) is 18.5. The van der Waals surface area contributed by atoms with Crippen LogP contribution >= 0.6 is 0 Å². The highest BCUT2D eigenvalue weighted by atomic mass is 16.5. The molecule has 1 aliphatic carbocycles. The zero-order valence-electron chi connectivity index (χ0n) is 15.9. The van der Waals surface area contributed by atoms with E-state index in [-0.39, 0.29) is 0 Å². The molecule has 1 fully saturated rings. The van der Waals surface area contributed by atoms with Crippen LogP contribution in [0.25, 0.3) is 0 Å². The molecule has 0 atom stereocenters. The standard InChI is InChI=1S/C25H28O/c1-3-4-19-26-25-17-15-24(16-18-25)23-13-11-22(12-14-23)10-9-21-7-5-20(2)6-8-21/h3-8,11-14,24-25H,15-19H2,1-2H3/b4-3+. The van der Waals surface area contributed by atoms with E-state index < -0.39 is 0 Å². The maximum atomic E-state index is 5.90. The number of allylic oxidation sites excluding steroid dienone is 1. The van der Waals surface area contributed by atoms with E-state index in [0.717, 1.165) is 30.6 Å². The van der Waals surface area contributed by atoms with Gasteiger partial charge in [0.1, 0.15) is 0 Å². The number of hydrogen-bond acceptors (Lipinski definition) is 1. The van der Waals surface area contributed by atoms with Gasteiger partial charge in [-0.15, -0.1) is 0 Å². The molecular formula is C25H28O. The molecule has 3 rings (SSSR count). The zero-order valence-corrected chi connectivity index (χ0v) is 15.9. The summed E-state index contributed by atoms with van der Waals surface area (Å²) in [6, 6.07) is 17.2. The van der Waals surface area contributed by atoms with Crippen LogP contribution in [0, 0.1) is 18.8 Å². The molecule has 1 aliphatic rings. The van der Waals surface area contributed by atoms with E-state index in [1.807, 2.05) is 6.92 Å². The highest BCUT2D eigenvalue weighted by Crippen LogP contribution is 2.34. The predicted octanol–water partition coefficient (Wildman–Crippen LogP) is 6.01. The molecule has 0 saturated heterocycles. The molecule has 0 aliphatic heterocycles. The third-order valence-corrected chi connectivity index (χ3v) is 5.12. The smallest absolute Gasteiger partial charge is 0.0651 e. The van der Waals surface area contributed by atoms with Crippen LogP contribution < -0.4 is 0 Å². The first-order valence-electron chi connectivity index (χ1n) is 9.66. The van der Waals surface area contributed by atoms with Crippen molar-refractivity contribution in [2.45, 2.75) is 51.6 Å². The van der Waals surface area contributed by atoms with Crippen LogP contribution in [0.1, 0.15) is 60.8 Å². The maximum Gasteiger partial charge on any atom is 0.0651 e. The van der Waals surface area contributed by atoms with E-state index in [9.17, 15) is 0 Å². The Morgan fingerprint density at radius 2 is 1.46 bits per heavy atom. The lowest BCUT2D eigenvalue weighted by molar-refractivity contribution is 0.0422. The van der Waals surface area contributed by atoms with Gasteiger partial charge in [0.25, 0.3) is 0 Å². The van der Waals surface area contributed by atoms with Crippen molar-refractivity contribution in [3.8, 4) is 11.8 Å². The molecule has 0 amide bonds. The average Bonchev–Trinajstić information content (AvgIpc) is 2.69. The predicted molar refractivity (Wildman–Crippen MR) is 109 cm³/mol. The van der Waals surface area contributed by atoms with Crippen LogP contribution in [0.15, 0.2) is 60.7 Å². The van der Waals surface area contributed by atoms with Gasteiger partial charge in [-0.3, -0.25) is 0 Å². The number of benzene rings is 2. The van der Waals surface area contributed by atoms with E-state index in [4.69, 9.17) is 4.74 Å². The van der Waals surface area contributed by atoms with E-state index in [2.05, 4.69) is 79.4 Å². The van der Waals surface area contributed by atoms with Gasteiger partial charge in [-0.1, -0.05) is 53.8 Å². The second-order valence-corrected chi connectivity index (χ2v) is 7.11. The van der Waals surface area contributed by atoms with Crippen molar-refractivity contribution in [1.82, 2.24) is 0 Å². The normalized spacial score (nSPS) is 19.9. The lowest BCUT2D eigenvalue weighted by Crippen LogP contribution is -2.20. The molecule has 2 aromatic carbocycles. The van der Waals surface area contributed by atoms with Crippen LogP contribution in [0.2, 0.25) is 0 Å². The fraction of sp³-hybridized carbons (Fsp3) is 0.360. The van der Waals surface area contributed by atoms with Gasteiger partial charge in [0.2, 0.25) is 0 Å². The van der Waals surface area contributed by atoms with Crippen molar-refractivity contribution >= 4 is 0 Å². The molecule has 0 aromatic heterocycles. The number of ether oxygens (including phenoxy) is 1. The second-order valence-electron chi connectivity index (χ2n) is 7.11. The highest BCUT2D eigenvalue weighted by Gasteiger charge is 2.22. The summed E-state index contributed by atoms with van der Waals surface area (Å²) in [5.74, 6) is 7.18. The van der Waals surface area contributed by atoms with E-state index in [0.29, 0.717) is 12.0 Å². The van der Waals surface area contributed by atoms with Crippen molar-refractivity contribution in [1.29, 1.82) is 0 Å². The summed E-state index contributed by atoms with van der Waals surface area (Å²) in [6.45, 7) is 4.88. The molecule has 1 saturated carbocycles. The Morgan fingerprint density at radius 1 is 0.885 bits per heavy atom. The van der Waals surface area contributed by atoms with E-state index in [1.54, 1.807) is 0 Å². The van der Waals surface area contributed by atoms with Crippen molar-refractivity contribution in [3.05, 3.63) is 82.9 Å². The fourth-order valence-corrected chi connectivity index (χ4v) is 3.47. The van der Waals surface area contributed by atoms with Gasteiger partial charge in [-0.2, -0.15) is 0 Å². The summed E-state index contributed by atoms with van der Waals surface area (Å²) < 4.78 is 5.90. The van der Waals surface area contributed by atoms with Gasteiger partial charge >= 0.3 is 0 Å². The molecule has 1 nitrogen and oxygen atoms in total. The highest BCUT2D eigenvalue weighted by molar-refractivity contribution is 5.44. The minimum Gasteiger partial charge on any atom is -0.374 e. The molecule has 2 aromatic rings. The summed E-state index contributed by atoms with van der Waals surface area (Å²) >= 11 is 0. The number of hydrogen-bond donors (Lipinski definition) is 0. The summed E-state index contributed by atoms with van der Waals surface area (Å²) in [5.41, 5.74) is 4.85. The van der Waals surface area contributed by atoms with E-state index >= 15 is 0 Å². The van der Waals surface area contributed by atoms with Crippen LogP contribution in [0.5, 0.6) is 0 Å². The average molecular weight is 344 g/mol. The third kappa shape index (κ3) is 5.35. The lowest BCUT2D eigenvalue weighted by atomic mass is 9.82. The topological polar surface area (TPSA) is 9.23 Å². The number of rotatable bonds is 4. The molecule has 0 heterocycles. The molecular weight excluding hydrogens is 316 g/mol. The Kier molecular flexibility index (Phi) is 6.69. The quantitative estimate of drug-likeness (QED) is 0.487. The molecule has 0 bridgehead atoms. The Bertz CT molecular complexity index is 764. The first-order valence-corrected chi connectivity index (χ1v) is 9.66. The largest absolute Gasteiger partial charge is 0.374 e. The summed E-state index contributed by atoms with van der Waals surface area (Å²) in [4.78, 5) is 0. The van der Waals surface area contributed by atoms with Gasteiger partial charge in [-0.05, 0) is 75.3 Å². The summed E-state index contributed by atoms with van der Waals surface area (Å²) in [5, 5.41) is 0. The minimum atomic E-state index is 0.432. The van der Waals surface area contributed by atoms with Crippen molar-refractivity contribution in [3.63, 3.8) is 0 Å². The first-order chi connectivity index (χ1) is 12.7. The fourth-order valence-electron chi connectivity index (χ4n) is 3.47. The monoisotopic (exact) mass is 344 g/mol. The molecule has 26 heavy (non-hydrogen) atoms. The Labute approximate surface area is 158 Å². The van der Waals surface area contributed by atoms with Gasteiger partial charge < -0.3 is 4.74 Å². The molecule has 0 spiro atoms. The number of aryl methyl sites for hydroxylation is 1. The van der Waals surface area contributed by atoms with E-state index in [1.165, 1.54) is 24.0 Å². The lowest BCUT2D eigenvalue weighted by Gasteiger charge is -2.28. The molecule has 0 radical (unpaired) electrons. The minimum absolute atomic E-state index is 0.432. The molecule has 0 unspecified atom stereocenters.